The molecule has 2 fully saturated rings. The number of aromatic nitrogens is 2. The number of hydrogen-bond acceptors (Lipinski definition) is 5. The summed E-state index contributed by atoms with van der Waals surface area (Å²) in [7, 11) is 0. The first-order chi connectivity index (χ1) is 16.2. The van der Waals surface area contributed by atoms with E-state index in [0.29, 0.717) is 55.6 Å². The van der Waals surface area contributed by atoms with E-state index in [2.05, 4.69) is 4.98 Å². The van der Waals surface area contributed by atoms with Gasteiger partial charge in [0.1, 0.15) is 5.82 Å². The molecular weight excluding hydrogens is 419 g/mol. The molecule has 1 saturated heterocycles. The molecule has 0 bridgehead atoms. The van der Waals surface area contributed by atoms with E-state index >= 15 is 0 Å². The van der Waals surface area contributed by atoms with Crippen molar-refractivity contribution in [2.75, 3.05) is 31.2 Å². The lowest BCUT2D eigenvalue weighted by Gasteiger charge is -2.38. The van der Waals surface area contributed by atoms with Gasteiger partial charge in [0.15, 0.2) is 0 Å². The highest BCUT2D eigenvalue weighted by molar-refractivity contribution is 6.00. The molecule has 0 radical (unpaired) electrons. The minimum atomic E-state index is -0.406. The summed E-state index contributed by atoms with van der Waals surface area (Å²) in [4.78, 5) is 27.0. The molecule has 2 aliphatic rings. The number of carbonyl (C=O) groups is 1. The van der Waals surface area contributed by atoms with Gasteiger partial charge in [0.25, 0.3) is 5.91 Å². The summed E-state index contributed by atoms with van der Waals surface area (Å²) < 4.78 is 20.3. The second-order valence-corrected chi connectivity index (χ2v) is 8.51. The molecule has 0 N–H and O–H groups in total. The molecule has 0 spiro atoms. The Bertz CT molecular complexity index is 1110. The summed E-state index contributed by atoms with van der Waals surface area (Å²) in [5.41, 5.74) is 2.05. The number of hydrogen-bond donors (Lipinski definition) is 0. The number of nitrogens with zero attached hydrogens (tertiary/aromatic N) is 4. The van der Waals surface area contributed by atoms with Gasteiger partial charge in [-0.2, -0.15) is 0 Å². The van der Waals surface area contributed by atoms with Crippen LogP contribution in [0.3, 0.4) is 0 Å². The predicted octanol–water partition coefficient (Wildman–Crippen LogP) is 4.31. The van der Waals surface area contributed by atoms with Crippen LogP contribution in [-0.2, 0) is 11.3 Å². The first kappa shape index (κ1) is 21.5. The van der Waals surface area contributed by atoms with E-state index in [9.17, 15) is 9.18 Å². The molecule has 1 saturated carbocycles. The standard InChI is InChI=1S/C26H27FN4O2/c27-23-12-5-4-11-21(23)24-22(17-28-26(29-24)30-13-15-33-16-14-30)25(32)31(20-9-6-10-20)18-19-7-2-1-3-8-19/h1-5,7-8,11-12,17,20H,6,9-10,13-16,18H2. The van der Waals surface area contributed by atoms with Crippen molar-refractivity contribution in [3.05, 3.63) is 77.7 Å². The Morgan fingerprint density at radius 2 is 1.79 bits per heavy atom. The largest absolute Gasteiger partial charge is 0.378 e. The molecule has 1 aromatic heterocycles. The molecule has 170 valence electrons. The van der Waals surface area contributed by atoms with Gasteiger partial charge in [0.2, 0.25) is 5.95 Å². The second-order valence-electron chi connectivity index (χ2n) is 8.51. The Morgan fingerprint density at radius 3 is 2.48 bits per heavy atom. The zero-order valence-corrected chi connectivity index (χ0v) is 18.5. The van der Waals surface area contributed by atoms with Crippen LogP contribution in [0.15, 0.2) is 60.8 Å². The maximum Gasteiger partial charge on any atom is 0.258 e. The van der Waals surface area contributed by atoms with E-state index in [0.717, 1.165) is 24.8 Å². The highest BCUT2D eigenvalue weighted by atomic mass is 19.1. The molecule has 1 aliphatic carbocycles. The Morgan fingerprint density at radius 1 is 1.06 bits per heavy atom. The molecule has 1 aliphatic heterocycles. The quantitative estimate of drug-likeness (QED) is 0.565. The fourth-order valence-corrected chi connectivity index (χ4v) is 4.30. The molecule has 2 aromatic carbocycles. The van der Waals surface area contributed by atoms with E-state index in [1.54, 1.807) is 24.4 Å². The fraction of sp³-hybridized carbons (Fsp3) is 0.346. The summed E-state index contributed by atoms with van der Waals surface area (Å²) in [6.45, 7) is 3.00. The lowest BCUT2D eigenvalue weighted by atomic mass is 9.90. The second kappa shape index (κ2) is 9.67. The van der Waals surface area contributed by atoms with Crippen molar-refractivity contribution in [2.24, 2.45) is 0 Å². The number of halogens is 1. The minimum Gasteiger partial charge on any atom is -0.378 e. The van der Waals surface area contributed by atoms with Crippen LogP contribution < -0.4 is 4.90 Å². The van der Waals surface area contributed by atoms with Crippen molar-refractivity contribution < 1.29 is 13.9 Å². The third-order valence-corrected chi connectivity index (χ3v) is 6.40. The van der Waals surface area contributed by atoms with E-state index in [-0.39, 0.29) is 11.9 Å². The maximum atomic E-state index is 14.9. The molecule has 1 amide bonds. The Hall–Kier alpha value is -3.32. The Kier molecular flexibility index (Phi) is 6.30. The van der Waals surface area contributed by atoms with Gasteiger partial charge in [0, 0.05) is 37.4 Å². The maximum absolute atomic E-state index is 14.9. The zero-order valence-electron chi connectivity index (χ0n) is 18.5. The summed E-state index contributed by atoms with van der Waals surface area (Å²) in [6, 6.07) is 16.6. The van der Waals surface area contributed by atoms with Gasteiger partial charge < -0.3 is 14.5 Å². The van der Waals surface area contributed by atoms with Gasteiger partial charge in [-0.05, 0) is 37.0 Å². The summed E-state index contributed by atoms with van der Waals surface area (Å²) >= 11 is 0. The normalized spacial score (nSPS) is 16.3. The molecule has 0 atom stereocenters. The molecule has 6 nitrogen and oxygen atoms in total. The summed E-state index contributed by atoms with van der Waals surface area (Å²) in [5.74, 6) is -0.0712. The van der Waals surface area contributed by atoms with Crippen molar-refractivity contribution in [3.63, 3.8) is 0 Å². The molecule has 5 rings (SSSR count). The lowest BCUT2D eigenvalue weighted by Crippen LogP contribution is -2.44. The van der Waals surface area contributed by atoms with Crippen molar-refractivity contribution in [2.45, 2.75) is 31.8 Å². The van der Waals surface area contributed by atoms with Crippen molar-refractivity contribution in [1.29, 1.82) is 0 Å². The lowest BCUT2D eigenvalue weighted by molar-refractivity contribution is 0.0556. The third-order valence-electron chi connectivity index (χ3n) is 6.40. The van der Waals surface area contributed by atoms with Crippen molar-refractivity contribution in [1.82, 2.24) is 14.9 Å². The molecule has 2 heterocycles. The topological polar surface area (TPSA) is 58.6 Å². The number of amides is 1. The van der Waals surface area contributed by atoms with E-state index in [1.807, 2.05) is 40.1 Å². The van der Waals surface area contributed by atoms with Crippen LogP contribution in [0.2, 0.25) is 0 Å². The van der Waals surface area contributed by atoms with Crippen LogP contribution in [0, 0.1) is 5.82 Å². The number of rotatable bonds is 6. The predicted molar refractivity (Wildman–Crippen MR) is 124 cm³/mol. The highest BCUT2D eigenvalue weighted by Crippen LogP contribution is 2.32. The molecule has 7 heteroatoms. The fourth-order valence-electron chi connectivity index (χ4n) is 4.30. The monoisotopic (exact) mass is 446 g/mol. The van der Waals surface area contributed by atoms with Gasteiger partial charge >= 0.3 is 0 Å². The van der Waals surface area contributed by atoms with Gasteiger partial charge in [-0.25, -0.2) is 14.4 Å². The van der Waals surface area contributed by atoms with Crippen molar-refractivity contribution in [3.8, 4) is 11.3 Å². The summed E-state index contributed by atoms with van der Waals surface area (Å²) in [5, 5.41) is 0. The van der Waals surface area contributed by atoms with Crippen LogP contribution in [0.25, 0.3) is 11.3 Å². The Labute approximate surface area is 193 Å². The third kappa shape index (κ3) is 4.59. The number of morpholine rings is 1. The minimum absolute atomic E-state index is 0.157. The van der Waals surface area contributed by atoms with Crippen molar-refractivity contribution >= 4 is 11.9 Å². The van der Waals surface area contributed by atoms with Gasteiger partial charge in [-0.15, -0.1) is 0 Å². The van der Waals surface area contributed by atoms with Crippen LogP contribution >= 0.6 is 0 Å². The highest BCUT2D eigenvalue weighted by Gasteiger charge is 2.32. The van der Waals surface area contributed by atoms with Crippen LogP contribution in [0.5, 0.6) is 0 Å². The number of ether oxygens (including phenoxy) is 1. The first-order valence-corrected chi connectivity index (χ1v) is 11.5. The van der Waals surface area contributed by atoms with E-state index < -0.39 is 5.82 Å². The summed E-state index contributed by atoms with van der Waals surface area (Å²) in [6.07, 6.45) is 4.62. The average molecular weight is 447 g/mol. The van der Waals surface area contributed by atoms with E-state index in [1.165, 1.54) is 6.07 Å². The van der Waals surface area contributed by atoms with E-state index in [4.69, 9.17) is 9.72 Å². The molecule has 33 heavy (non-hydrogen) atoms. The SMILES string of the molecule is O=C(c1cnc(N2CCOCC2)nc1-c1ccccc1F)N(Cc1ccccc1)C1CCC1. The number of carbonyl (C=O) groups excluding carboxylic acids is 1. The number of anilines is 1. The van der Waals surface area contributed by atoms with Gasteiger partial charge in [-0.1, -0.05) is 42.5 Å². The van der Waals surface area contributed by atoms with Crippen LogP contribution in [0.4, 0.5) is 10.3 Å². The smallest absolute Gasteiger partial charge is 0.258 e. The van der Waals surface area contributed by atoms with Crippen LogP contribution in [-0.4, -0.2) is 53.1 Å². The van der Waals surface area contributed by atoms with Gasteiger partial charge in [0.05, 0.1) is 24.5 Å². The van der Waals surface area contributed by atoms with Crippen LogP contribution in [0.1, 0.15) is 35.2 Å². The molecular formula is C26H27FN4O2. The first-order valence-electron chi connectivity index (χ1n) is 11.5. The number of benzene rings is 2. The zero-order chi connectivity index (χ0) is 22.6. The average Bonchev–Trinajstić information content (AvgIpc) is 2.83. The Balaban J connectivity index is 1.55. The molecule has 3 aromatic rings. The van der Waals surface area contributed by atoms with Gasteiger partial charge in [-0.3, -0.25) is 4.79 Å². The molecule has 0 unspecified atom stereocenters.